The van der Waals surface area contributed by atoms with Crippen molar-refractivity contribution in [2.45, 2.75) is 51.2 Å². The van der Waals surface area contributed by atoms with E-state index in [1.54, 1.807) is 6.07 Å². The molecule has 0 aromatic heterocycles. The van der Waals surface area contributed by atoms with Crippen LogP contribution in [0.3, 0.4) is 0 Å². The maximum atomic E-state index is 13.0. The van der Waals surface area contributed by atoms with Crippen LogP contribution in [0.15, 0.2) is 42.5 Å². The Kier molecular flexibility index (Phi) is 6.96. The molecule has 0 unspecified atom stereocenters. The van der Waals surface area contributed by atoms with Crippen LogP contribution < -0.4 is 10.6 Å². The second-order valence-electron chi connectivity index (χ2n) is 6.82. The molecule has 3 nitrogen and oxygen atoms in total. The molecular weight excluding hydrogens is 410 g/mol. The highest BCUT2D eigenvalue weighted by Gasteiger charge is 2.71. The Hall–Kier alpha value is -2.42. The normalized spacial score (nSPS) is 14.6. The summed E-state index contributed by atoms with van der Waals surface area (Å²) in [4.78, 5) is 1.99. The second-order valence-corrected chi connectivity index (χ2v) is 6.82. The van der Waals surface area contributed by atoms with Crippen molar-refractivity contribution in [3.63, 3.8) is 0 Å². The van der Waals surface area contributed by atoms with E-state index >= 15 is 0 Å². The number of rotatable bonds is 3. The van der Waals surface area contributed by atoms with Gasteiger partial charge in [0.1, 0.15) is 0 Å². The van der Waals surface area contributed by atoms with Gasteiger partial charge in [0.15, 0.2) is 0 Å². The Morgan fingerprint density at radius 1 is 0.933 bits per heavy atom. The quantitative estimate of drug-likeness (QED) is 0.491. The van der Waals surface area contributed by atoms with Crippen molar-refractivity contribution in [3.05, 3.63) is 59.2 Å². The lowest BCUT2D eigenvalue weighted by Crippen LogP contribution is -2.53. The van der Waals surface area contributed by atoms with Gasteiger partial charge in [-0.15, -0.1) is 0 Å². The van der Waals surface area contributed by atoms with E-state index in [1.807, 2.05) is 30.9 Å². The fraction of sp³-hybridized carbons (Fsp3) is 0.429. The molecular formula is C21H24F6N2O. The third-order valence-electron chi connectivity index (χ3n) is 4.88. The molecule has 166 valence electrons. The standard InChI is InChI=1S/C19H18F6N2O.C2H6/c20-18(21,22)17(28,19(23,24)25)14-5-3-12(4-6-14)11-27-9-1-2-13-10-15(26)7-8-16(13)27;1-2/h3-8,10,28H,1-2,9,11,26H2;1-2H3. The lowest BCUT2D eigenvalue weighted by atomic mass is 9.91. The molecule has 1 aliphatic heterocycles. The molecule has 0 saturated carbocycles. The summed E-state index contributed by atoms with van der Waals surface area (Å²) in [6.45, 7) is 5.02. The third-order valence-corrected chi connectivity index (χ3v) is 4.88. The lowest BCUT2D eigenvalue weighted by Gasteiger charge is -2.33. The average molecular weight is 434 g/mol. The van der Waals surface area contributed by atoms with Crippen LogP contribution in [0.1, 0.15) is 37.0 Å². The molecule has 1 heterocycles. The van der Waals surface area contributed by atoms with Gasteiger partial charge < -0.3 is 15.7 Å². The van der Waals surface area contributed by atoms with Gasteiger partial charge in [-0.2, -0.15) is 26.3 Å². The molecule has 0 amide bonds. The number of hydrogen-bond acceptors (Lipinski definition) is 3. The molecule has 0 saturated heterocycles. The monoisotopic (exact) mass is 434 g/mol. The smallest absolute Gasteiger partial charge is 0.399 e. The summed E-state index contributed by atoms with van der Waals surface area (Å²) < 4.78 is 77.8. The summed E-state index contributed by atoms with van der Waals surface area (Å²) in [7, 11) is 0. The summed E-state index contributed by atoms with van der Waals surface area (Å²) in [6, 6.07) is 9.13. The first-order chi connectivity index (χ1) is 13.9. The van der Waals surface area contributed by atoms with Crippen molar-refractivity contribution in [2.24, 2.45) is 0 Å². The maximum absolute atomic E-state index is 13.0. The third kappa shape index (κ3) is 4.50. The minimum Gasteiger partial charge on any atom is -0.399 e. The van der Waals surface area contributed by atoms with Gasteiger partial charge in [-0.05, 0) is 42.2 Å². The minimum absolute atomic E-state index is 0.313. The van der Waals surface area contributed by atoms with Gasteiger partial charge in [0.05, 0.1) is 0 Å². The molecule has 0 bridgehead atoms. The fourth-order valence-electron chi connectivity index (χ4n) is 3.42. The number of alkyl halides is 6. The lowest BCUT2D eigenvalue weighted by molar-refractivity contribution is -0.376. The highest BCUT2D eigenvalue weighted by Crippen LogP contribution is 2.50. The van der Waals surface area contributed by atoms with Crippen LogP contribution in [-0.4, -0.2) is 24.0 Å². The van der Waals surface area contributed by atoms with Crippen LogP contribution >= 0.6 is 0 Å². The molecule has 30 heavy (non-hydrogen) atoms. The number of aliphatic hydroxyl groups is 1. The van der Waals surface area contributed by atoms with E-state index in [0.717, 1.165) is 24.1 Å². The highest BCUT2D eigenvalue weighted by atomic mass is 19.4. The molecule has 0 radical (unpaired) electrons. The van der Waals surface area contributed by atoms with E-state index in [4.69, 9.17) is 5.73 Å². The van der Waals surface area contributed by atoms with Crippen molar-refractivity contribution in [3.8, 4) is 0 Å². The first-order valence-corrected chi connectivity index (χ1v) is 9.52. The highest BCUT2D eigenvalue weighted by molar-refractivity contribution is 5.61. The molecule has 0 aliphatic carbocycles. The van der Waals surface area contributed by atoms with Gasteiger partial charge in [0.2, 0.25) is 0 Å². The topological polar surface area (TPSA) is 49.5 Å². The van der Waals surface area contributed by atoms with Gasteiger partial charge >= 0.3 is 12.4 Å². The first-order valence-electron chi connectivity index (χ1n) is 9.52. The number of anilines is 2. The number of nitrogen functional groups attached to an aromatic ring is 1. The minimum atomic E-state index is -5.89. The maximum Gasteiger partial charge on any atom is 0.430 e. The molecule has 3 rings (SSSR count). The van der Waals surface area contributed by atoms with E-state index in [9.17, 15) is 31.4 Å². The zero-order valence-corrected chi connectivity index (χ0v) is 16.6. The van der Waals surface area contributed by atoms with E-state index in [2.05, 4.69) is 0 Å². The van der Waals surface area contributed by atoms with Crippen molar-refractivity contribution in [1.82, 2.24) is 0 Å². The molecule has 2 aromatic rings. The van der Waals surface area contributed by atoms with Crippen LogP contribution in [-0.2, 0) is 18.6 Å². The van der Waals surface area contributed by atoms with E-state index < -0.39 is 23.5 Å². The molecule has 0 atom stereocenters. The first kappa shape index (κ1) is 23.9. The Morgan fingerprint density at radius 2 is 1.50 bits per heavy atom. The zero-order valence-electron chi connectivity index (χ0n) is 16.6. The van der Waals surface area contributed by atoms with Gasteiger partial charge in [-0.1, -0.05) is 38.1 Å². The number of nitrogens with zero attached hydrogens (tertiary/aromatic N) is 1. The van der Waals surface area contributed by atoms with Gasteiger partial charge in [-0.3, -0.25) is 0 Å². The van der Waals surface area contributed by atoms with E-state index in [0.29, 0.717) is 36.5 Å². The van der Waals surface area contributed by atoms with Crippen molar-refractivity contribution in [2.75, 3.05) is 17.2 Å². The summed E-state index contributed by atoms with van der Waals surface area (Å²) in [5, 5.41) is 9.45. The molecule has 3 N–H and O–H groups in total. The number of halogens is 6. The number of nitrogens with two attached hydrogens (primary N) is 1. The molecule has 2 aromatic carbocycles. The number of hydrogen-bond donors (Lipinski definition) is 2. The summed E-state index contributed by atoms with van der Waals surface area (Å²) in [5.41, 5.74) is 2.75. The Balaban J connectivity index is 0.00000155. The van der Waals surface area contributed by atoms with Crippen LogP contribution in [0.4, 0.5) is 37.7 Å². The molecule has 9 heteroatoms. The van der Waals surface area contributed by atoms with Crippen molar-refractivity contribution in [1.29, 1.82) is 0 Å². The van der Waals surface area contributed by atoms with Crippen molar-refractivity contribution >= 4 is 11.4 Å². The second kappa shape index (κ2) is 8.75. The van der Waals surface area contributed by atoms with Crippen LogP contribution in [0, 0.1) is 0 Å². The van der Waals surface area contributed by atoms with E-state index in [-0.39, 0.29) is 0 Å². The molecule has 0 fully saturated rings. The summed E-state index contributed by atoms with van der Waals surface area (Å²) >= 11 is 0. The molecule has 1 aliphatic rings. The largest absolute Gasteiger partial charge is 0.430 e. The predicted octanol–water partition coefficient (Wildman–Crippen LogP) is 5.56. The Labute approximate surface area is 171 Å². The van der Waals surface area contributed by atoms with Crippen LogP contribution in [0.5, 0.6) is 0 Å². The number of benzene rings is 2. The SMILES string of the molecule is CC.Nc1ccc2c(c1)CCCN2Cc1ccc(C(O)(C(F)(F)F)C(F)(F)F)cc1. The predicted molar refractivity (Wildman–Crippen MR) is 104 cm³/mol. The average Bonchev–Trinajstić information content (AvgIpc) is 2.68. The van der Waals surface area contributed by atoms with Crippen LogP contribution in [0.25, 0.3) is 0 Å². The number of fused-ring (bicyclic) bond motifs is 1. The Morgan fingerprint density at radius 3 is 2.03 bits per heavy atom. The zero-order chi connectivity index (χ0) is 22.7. The van der Waals surface area contributed by atoms with Crippen LogP contribution in [0.2, 0.25) is 0 Å². The summed E-state index contributed by atoms with van der Waals surface area (Å²) in [6.07, 6.45) is -10.1. The Bertz CT molecular complexity index is 832. The van der Waals surface area contributed by atoms with Gasteiger partial charge in [0, 0.05) is 30.0 Å². The number of aryl methyl sites for hydroxylation is 1. The van der Waals surface area contributed by atoms with Crippen molar-refractivity contribution < 1.29 is 31.4 Å². The van der Waals surface area contributed by atoms with E-state index in [1.165, 1.54) is 12.1 Å². The van der Waals surface area contributed by atoms with Gasteiger partial charge in [-0.25, -0.2) is 0 Å². The summed E-state index contributed by atoms with van der Waals surface area (Å²) in [5.74, 6) is 0. The molecule has 0 spiro atoms. The fourth-order valence-corrected chi connectivity index (χ4v) is 3.42. The van der Waals surface area contributed by atoms with Gasteiger partial charge in [0.25, 0.3) is 5.60 Å².